The molecular formula is C32H39NO3. The van der Waals surface area contributed by atoms with Crippen molar-refractivity contribution in [1.29, 1.82) is 0 Å². The topological polar surface area (TPSA) is 46.6 Å². The maximum Gasteiger partial charge on any atom is 0.261 e. The summed E-state index contributed by atoms with van der Waals surface area (Å²) < 4.78 is 5.31. The minimum absolute atomic E-state index is 0.0385. The zero-order chi connectivity index (χ0) is 25.5. The lowest BCUT2D eigenvalue weighted by molar-refractivity contribution is 0.0517. The second kappa shape index (κ2) is 12.2. The van der Waals surface area contributed by atoms with E-state index in [9.17, 15) is 9.59 Å². The van der Waals surface area contributed by atoms with E-state index in [0.717, 1.165) is 66.2 Å². The van der Waals surface area contributed by atoms with Crippen molar-refractivity contribution in [1.82, 2.24) is 4.90 Å². The molecule has 0 unspecified atom stereocenters. The molecule has 1 heterocycles. The van der Waals surface area contributed by atoms with Crippen LogP contribution in [0, 0.1) is 0 Å². The van der Waals surface area contributed by atoms with Gasteiger partial charge in [0, 0.05) is 22.6 Å². The van der Waals surface area contributed by atoms with E-state index >= 15 is 0 Å². The summed E-state index contributed by atoms with van der Waals surface area (Å²) in [4.78, 5) is 29.3. The highest BCUT2D eigenvalue weighted by Crippen LogP contribution is 2.38. The summed E-state index contributed by atoms with van der Waals surface area (Å²) in [7, 11) is 1.65. The molecule has 36 heavy (non-hydrogen) atoms. The van der Waals surface area contributed by atoms with Crippen molar-refractivity contribution in [3.63, 3.8) is 0 Å². The second-order valence-electron chi connectivity index (χ2n) is 9.95. The Balaban J connectivity index is 1.69. The van der Waals surface area contributed by atoms with Gasteiger partial charge >= 0.3 is 0 Å². The third kappa shape index (κ3) is 5.33. The first-order valence-corrected chi connectivity index (χ1v) is 13.7. The van der Waals surface area contributed by atoms with Gasteiger partial charge in [0.2, 0.25) is 0 Å². The molecule has 0 atom stereocenters. The van der Waals surface area contributed by atoms with Crippen molar-refractivity contribution >= 4 is 22.6 Å². The van der Waals surface area contributed by atoms with Gasteiger partial charge < -0.3 is 4.74 Å². The van der Waals surface area contributed by atoms with Gasteiger partial charge in [0.25, 0.3) is 11.8 Å². The highest BCUT2D eigenvalue weighted by molar-refractivity contribution is 6.27. The van der Waals surface area contributed by atoms with Crippen LogP contribution in [0.1, 0.15) is 98.8 Å². The molecule has 4 nitrogen and oxygen atoms in total. The van der Waals surface area contributed by atoms with Crippen molar-refractivity contribution in [3.05, 3.63) is 65.7 Å². The standard InChI is InChI=1S/C32H39NO3/c1-4-6-8-10-13-24(14-11-9-7-5-2)33-31(34)28-16-12-15-27-26(21-22-29(30(27)28)32(33)35)23-17-19-25(36-3)20-18-23/h12,15-22,24H,4-11,13-14H2,1-3H3. The first-order valence-electron chi connectivity index (χ1n) is 13.7. The average molecular weight is 486 g/mol. The Hall–Kier alpha value is -3.14. The van der Waals surface area contributed by atoms with E-state index < -0.39 is 0 Å². The second-order valence-corrected chi connectivity index (χ2v) is 9.95. The Morgan fingerprint density at radius 2 is 1.28 bits per heavy atom. The number of hydrogen-bond acceptors (Lipinski definition) is 3. The number of nitrogens with zero attached hydrogens (tertiary/aromatic N) is 1. The van der Waals surface area contributed by atoms with Gasteiger partial charge in [-0.25, -0.2) is 0 Å². The summed E-state index contributed by atoms with van der Waals surface area (Å²) >= 11 is 0. The van der Waals surface area contributed by atoms with E-state index in [2.05, 4.69) is 13.8 Å². The Morgan fingerprint density at radius 3 is 1.86 bits per heavy atom. The number of unbranched alkanes of at least 4 members (excludes halogenated alkanes) is 6. The van der Waals surface area contributed by atoms with Gasteiger partial charge in [0.15, 0.2) is 0 Å². The van der Waals surface area contributed by atoms with Crippen LogP contribution in [0.5, 0.6) is 5.75 Å². The van der Waals surface area contributed by atoms with E-state index in [1.807, 2.05) is 54.6 Å². The van der Waals surface area contributed by atoms with Crippen LogP contribution >= 0.6 is 0 Å². The van der Waals surface area contributed by atoms with Gasteiger partial charge in [-0.15, -0.1) is 0 Å². The summed E-state index contributed by atoms with van der Waals surface area (Å²) in [5, 5.41) is 1.73. The molecule has 4 heteroatoms. The van der Waals surface area contributed by atoms with Crippen molar-refractivity contribution in [2.24, 2.45) is 0 Å². The Kier molecular flexibility index (Phi) is 8.79. The summed E-state index contributed by atoms with van der Waals surface area (Å²) in [5.74, 6) is 0.522. The van der Waals surface area contributed by atoms with Crippen LogP contribution in [0.4, 0.5) is 0 Å². The van der Waals surface area contributed by atoms with Gasteiger partial charge in [-0.1, -0.05) is 95.5 Å². The lowest BCUT2D eigenvalue weighted by Gasteiger charge is -2.34. The molecule has 3 aromatic carbocycles. The Labute approximate surface area is 215 Å². The third-order valence-electron chi connectivity index (χ3n) is 7.49. The minimum atomic E-state index is -0.138. The zero-order valence-corrected chi connectivity index (χ0v) is 22.0. The molecule has 3 aromatic rings. The van der Waals surface area contributed by atoms with E-state index in [-0.39, 0.29) is 17.9 Å². The monoisotopic (exact) mass is 485 g/mol. The minimum Gasteiger partial charge on any atom is -0.497 e. The molecule has 0 N–H and O–H groups in total. The van der Waals surface area contributed by atoms with Crippen molar-refractivity contribution in [3.8, 4) is 16.9 Å². The third-order valence-corrected chi connectivity index (χ3v) is 7.49. The zero-order valence-electron chi connectivity index (χ0n) is 22.0. The van der Waals surface area contributed by atoms with Gasteiger partial charge in [0.05, 0.1) is 7.11 Å². The Bertz CT molecular complexity index is 1160. The molecule has 0 fully saturated rings. The van der Waals surface area contributed by atoms with Crippen LogP contribution < -0.4 is 4.74 Å². The number of benzene rings is 3. The molecule has 1 aliphatic heterocycles. The fourth-order valence-electron chi connectivity index (χ4n) is 5.48. The molecule has 0 spiro atoms. The highest BCUT2D eigenvalue weighted by Gasteiger charge is 2.37. The molecular weight excluding hydrogens is 446 g/mol. The lowest BCUT2D eigenvalue weighted by atomic mass is 9.87. The lowest BCUT2D eigenvalue weighted by Crippen LogP contribution is -2.47. The number of rotatable bonds is 13. The highest BCUT2D eigenvalue weighted by atomic mass is 16.5. The van der Waals surface area contributed by atoms with E-state index in [1.54, 1.807) is 12.0 Å². The van der Waals surface area contributed by atoms with Crippen LogP contribution in [0.15, 0.2) is 54.6 Å². The quantitative estimate of drug-likeness (QED) is 0.180. The van der Waals surface area contributed by atoms with Crippen LogP contribution in [0.3, 0.4) is 0 Å². The Morgan fingerprint density at radius 1 is 0.694 bits per heavy atom. The molecule has 0 aliphatic carbocycles. The summed E-state index contributed by atoms with van der Waals surface area (Å²) in [6.07, 6.45) is 10.9. The molecule has 0 aromatic heterocycles. The number of methoxy groups -OCH3 is 1. The maximum atomic E-state index is 13.9. The molecule has 190 valence electrons. The number of ether oxygens (including phenoxy) is 1. The van der Waals surface area contributed by atoms with E-state index in [0.29, 0.717) is 11.1 Å². The van der Waals surface area contributed by atoms with Gasteiger partial charge in [-0.05, 0) is 53.6 Å². The van der Waals surface area contributed by atoms with E-state index in [4.69, 9.17) is 4.74 Å². The number of imide groups is 1. The number of amides is 2. The summed E-state index contributed by atoms with van der Waals surface area (Å²) in [6, 6.07) is 17.7. The normalized spacial score (nSPS) is 13.2. The molecule has 0 bridgehead atoms. The SMILES string of the molecule is CCCCCCC(CCCCCC)N1C(=O)c2cccc3c(-c4ccc(OC)cc4)ccc(c23)C1=O. The molecule has 0 radical (unpaired) electrons. The van der Waals surface area contributed by atoms with Crippen LogP contribution in [-0.2, 0) is 0 Å². The molecule has 4 rings (SSSR count). The van der Waals surface area contributed by atoms with Crippen molar-refractivity contribution in [2.75, 3.05) is 7.11 Å². The molecule has 2 amide bonds. The summed E-state index contributed by atoms with van der Waals surface area (Å²) in [5.41, 5.74) is 3.34. The van der Waals surface area contributed by atoms with Crippen LogP contribution in [0.2, 0.25) is 0 Å². The first-order chi connectivity index (χ1) is 17.6. The van der Waals surface area contributed by atoms with Crippen LogP contribution in [0.25, 0.3) is 21.9 Å². The van der Waals surface area contributed by atoms with E-state index in [1.165, 1.54) is 25.7 Å². The molecule has 0 saturated heterocycles. The fraction of sp³-hybridized carbons (Fsp3) is 0.438. The number of carbonyl (C=O) groups is 2. The molecule has 1 aliphatic rings. The predicted molar refractivity (Wildman–Crippen MR) is 148 cm³/mol. The van der Waals surface area contributed by atoms with Gasteiger partial charge in [-0.3, -0.25) is 14.5 Å². The van der Waals surface area contributed by atoms with Gasteiger partial charge in [-0.2, -0.15) is 0 Å². The predicted octanol–water partition coefficient (Wildman–Crippen LogP) is 8.42. The number of carbonyl (C=O) groups excluding carboxylic acids is 2. The largest absolute Gasteiger partial charge is 0.497 e. The van der Waals surface area contributed by atoms with Crippen molar-refractivity contribution in [2.45, 2.75) is 84.1 Å². The first kappa shape index (κ1) is 25.9. The fourth-order valence-corrected chi connectivity index (χ4v) is 5.48. The summed E-state index contributed by atoms with van der Waals surface area (Å²) in [6.45, 7) is 4.41. The van der Waals surface area contributed by atoms with Crippen LogP contribution in [-0.4, -0.2) is 29.9 Å². The maximum absolute atomic E-state index is 13.9. The smallest absolute Gasteiger partial charge is 0.261 e. The average Bonchev–Trinajstić information content (AvgIpc) is 2.91. The number of hydrogen-bond donors (Lipinski definition) is 0. The molecule has 0 saturated carbocycles. The van der Waals surface area contributed by atoms with Crippen molar-refractivity contribution < 1.29 is 14.3 Å². The van der Waals surface area contributed by atoms with Gasteiger partial charge in [0.1, 0.15) is 5.75 Å².